The van der Waals surface area contributed by atoms with E-state index in [0.29, 0.717) is 24.1 Å². The van der Waals surface area contributed by atoms with Gasteiger partial charge in [-0.25, -0.2) is 14.4 Å². The Morgan fingerprint density at radius 1 is 0.884 bits per heavy atom. The molecule has 2 fully saturated rings. The minimum absolute atomic E-state index is 0.0723. The van der Waals surface area contributed by atoms with Crippen LogP contribution in [0.3, 0.4) is 0 Å². The average Bonchev–Trinajstić information content (AvgIpc) is 3.85. The molecule has 10 heteroatoms. The molecule has 2 aliphatic rings. The Kier molecular flexibility index (Phi) is 9.08. The second kappa shape index (κ2) is 12.3. The van der Waals surface area contributed by atoms with Crippen LogP contribution in [0.15, 0.2) is 48.5 Å². The number of esters is 2. The highest BCUT2D eigenvalue weighted by Gasteiger charge is 2.57. The van der Waals surface area contributed by atoms with Gasteiger partial charge < -0.3 is 23.8 Å². The quantitative estimate of drug-likeness (QED) is 0.260. The molecule has 0 radical (unpaired) electrons. The third-order valence-electron chi connectivity index (χ3n) is 7.27. The lowest BCUT2D eigenvalue weighted by molar-refractivity contribution is -0.162. The Labute approximate surface area is 253 Å². The van der Waals surface area contributed by atoms with E-state index in [1.807, 2.05) is 65.8 Å². The summed E-state index contributed by atoms with van der Waals surface area (Å²) in [4.78, 5) is 51.9. The Bertz CT molecular complexity index is 1330. The van der Waals surface area contributed by atoms with Crippen LogP contribution in [0.2, 0.25) is 0 Å². The zero-order chi connectivity index (χ0) is 31.6. The molecule has 10 nitrogen and oxygen atoms in total. The normalized spacial score (nSPS) is 18.6. The molecule has 4 rings (SSSR count). The second-order valence-electron chi connectivity index (χ2n) is 13.3. The number of nitrogens with one attached hydrogen (secondary N) is 1. The van der Waals surface area contributed by atoms with Gasteiger partial charge in [0.05, 0.1) is 18.1 Å². The summed E-state index contributed by atoms with van der Waals surface area (Å²) in [5.41, 5.74) is 0.772. The molecule has 2 aromatic carbocycles. The first-order valence-electron chi connectivity index (χ1n) is 14.5. The van der Waals surface area contributed by atoms with Gasteiger partial charge in [0, 0.05) is 24.2 Å². The monoisotopic (exact) mass is 594 g/mol. The van der Waals surface area contributed by atoms with Gasteiger partial charge in [-0.3, -0.25) is 10.1 Å². The fourth-order valence-corrected chi connectivity index (χ4v) is 4.78. The van der Waals surface area contributed by atoms with Gasteiger partial charge in [0.1, 0.15) is 17.8 Å². The first-order chi connectivity index (χ1) is 20.1. The molecule has 0 bridgehead atoms. The molecule has 2 aliphatic carbocycles. The van der Waals surface area contributed by atoms with Crippen LogP contribution in [-0.4, -0.2) is 59.9 Å². The number of anilines is 1. The zero-order valence-electron chi connectivity index (χ0n) is 26.0. The fraction of sp³-hybridized carbons (Fsp3) is 0.515. The van der Waals surface area contributed by atoms with Crippen molar-refractivity contribution in [2.45, 2.75) is 90.6 Å². The first kappa shape index (κ1) is 31.8. The van der Waals surface area contributed by atoms with Crippen LogP contribution >= 0.6 is 0 Å². The summed E-state index contributed by atoms with van der Waals surface area (Å²) < 4.78 is 21.4. The lowest BCUT2D eigenvalue weighted by atomic mass is 10.0. The van der Waals surface area contributed by atoms with Crippen molar-refractivity contribution in [2.24, 2.45) is 5.41 Å². The molecule has 0 aliphatic heterocycles. The van der Waals surface area contributed by atoms with Gasteiger partial charge in [-0.2, -0.15) is 0 Å². The molecule has 2 atom stereocenters. The van der Waals surface area contributed by atoms with Crippen molar-refractivity contribution in [3.8, 4) is 0 Å². The summed E-state index contributed by atoms with van der Waals surface area (Å²) >= 11 is 0. The molecule has 0 spiro atoms. The third kappa shape index (κ3) is 8.72. The number of ether oxygens (including phenoxy) is 4. The Morgan fingerprint density at radius 2 is 1.49 bits per heavy atom. The van der Waals surface area contributed by atoms with Crippen molar-refractivity contribution in [2.75, 3.05) is 19.0 Å². The van der Waals surface area contributed by atoms with E-state index in [2.05, 4.69) is 10.1 Å². The number of hydrogen-bond donors (Lipinski definition) is 1. The second-order valence-corrected chi connectivity index (χ2v) is 13.3. The summed E-state index contributed by atoms with van der Waals surface area (Å²) in [6.07, 6.45) is 1.07. The lowest BCUT2D eigenvalue weighted by Crippen LogP contribution is -2.45. The van der Waals surface area contributed by atoms with Gasteiger partial charge >= 0.3 is 24.1 Å². The molecular formula is C33H42N2O8. The maximum Gasteiger partial charge on any atom is 0.411 e. The third-order valence-corrected chi connectivity index (χ3v) is 7.27. The van der Waals surface area contributed by atoms with Gasteiger partial charge in [0.15, 0.2) is 0 Å². The number of nitrogens with zero attached hydrogens (tertiary/aromatic N) is 1. The largest absolute Gasteiger partial charge is 0.465 e. The SMILES string of the molecule is COC(=O)c1ccc(NC(=O)OCc2ccc(C3C[C@@H]3N(CC3(C(=O)OC(C)(C)C)CC3)C(=O)OC(C)(C)C)cc2)cc1. The number of carbonyl (C=O) groups excluding carboxylic acids is 4. The Hall–Kier alpha value is -4.08. The molecule has 2 aromatic rings. The van der Waals surface area contributed by atoms with E-state index in [-0.39, 0.29) is 31.1 Å². The van der Waals surface area contributed by atoms with E-state index in [0.717, 1.165) is 17.5 Å². The van der Waals surface area contributed by atoms with Crippen molar-refractivity contribution in [1.29, 1.82) is 0 Å². The van der Waals surface area contributed by atoms with E-state index in [1.165, 1.54) is 7.11 Å². The number of hydrogen-bond acceptors (Lipinski definition) is 8. The zero-order valence-corrected chi connectivity index (χ0v) is 26.0. The van der Waals surface area contributed by atoms with E-state index in [4.69, 9.17) is 14.2 Å². The summed E-state index contributed by atoms with van der Waals surface area (Å²) in [5.74, 6) is -0.620. The molecule has 0 heterocycles. The van der Waals surface area contributed by atoms with Gasteiger partial charge in [-0.05, 0) is 96.2 Å². The van der Waals surface area contributed by atoms with Crippen molar-refractivity contribution in [3.63, 3.8) is 0 Å². The molecule has 232 valence electrons. The number of carbonyl (C=O) groups is 4. The molecule has 2 saturated carbocycles. The van der Waals surface area contributed by atoms with Gasteiger partial charge in [0.25, 0.3) is 0 Å². The van der Waals surface area contributed by atoms with E-state index < -0.39 is 34.8 Å². The first-order valence-corrected chi connectivity index (χ1v) is 14.5. The predicted molar refractivity (Wildman–Crippen MR) is 160 cm³/mol. The fourth-order valence-electron chi connectivity index (χ4n) is 4.78. The lowest BCUT2D eigenvalue weighted by Gasteiger charge is -2.31. The van der Waals surface area contributed by atoms with Crippen molar-refractivity contribution in [3.05, 3.63) is 65.2 Å². The molecule has 0 saturated heterocycles. The maximum absolute atomic E-state index is 13.3. The highest BCUT2D eigenvalue weighted by atomic mass is 16.6. The van der Waals surface area contributed by atoms with Crippen LogP contribution < -0.4 is 5.32 Å². The summed E-state index contributed by atoms with van der Waals surface area (Å²) in [6, 6.07) is 13.9. The van der Waals surface area contributed by atoms with E-state index in [9.17, 15) is 19.2 Å². The van der Waals surface area contributed by atoms with Gasteiger partial charge in [-0.15, -0.1) is 0 Å². The number of amides is 2. The van der Waals surface area contributed by atoms with E-state index in [1.54, 1.807) is 29.2 Å². The highest BCUT2D eigenvalue weighted by Crippen LogP contribution is 2.52. The average molecular weight is 595 g/mol. The van der Waals surface area contributed by atoms with Crippen molar-refractivity contribution < 1.29 is 38.1 Å². The molecule has 1 N–H and O–H groups in total. The van der Waals surface area contributed by atoms with Gasteiger partial charge in [0.2, 0.25) is 0 Å². The standard InChI is InChI=1S/C33H42N2O8/c1-31(2,3)42-28(37)33(16-17-33)20-35(30(39)43-32(4,5)6)26-18-25(26)22-10-8-21(9-11-22)19-41-29(38)34-24-14-12-23(13-15-24)27(36)40-7/h8-15,25-26H,16-20H2,1-7H3,(H,34,38)/t25?,26-/m0/s1. The smallest absolute Gasteiger partial charge is 0.411 e. The highest BCUT2D eigenvalue weighted by molar-refractivity contribution is 5.91. The van der Waals surface area contributed by atoms with Crippen LogP contribution in [0.4, 0.5) is 15.3 Å². The van der Waals surface area contributed by atoms with Crippen LogP contribution in [0, 0.1) is 5.41 Å². The summed E-state index contributed by atoms with van der Waals surface area (Å²) in [7, 11) is 1.30. The number of benzene rings is 2. The van der Waals surface area contributed by atoms with Crippen LogP contribution in [-0.2, 0) is 30.3 Å². The van der Waals surface area contributed by atoms with Gasteiger partial charge in [-0.1, -0.05) is 24.3 Å². The molecule has 2 amide bonds. The number of methoxy groups -OCH3 is 1. The van der Waals surface area contributed by atoms with Crippen LogP contribution in [0.1, 0.15) is 88.2 Å². The molecule has 1 unspecified atom stereocenters. The minimum atomic E-state index is -0.692. The van der Waals surface area contributed by atoms with Crippen molar-refractivity contribution >= 4 is 29.8 Å². The predicted octanol–water partition coefficient (Wildman–Crippen LogP) is 6.44. The molecule has 43 heavy (non-hydrogen) atoms. The van der Waals surface area contributed by atoms with Crippen LogP contribution in [0.5, 0.6) is 0 Å². The Balaban J connectivity index is 1.35. The van der Waals surface area contributed by atoms with Crippen molar-refractivity contribution in [1.82, 2.24) is 4.90 Å². The topological polar surface area (TPSA) is 120 Å². The Morgan fingerprint density at radius 3 is 2.02 bits per heavy atom. The van der Waals surface area contributed by atoms with E-state index >= 15 is 0 Å². The number of rotatable bonds is 9. The maximum atomic E-state index is 13.3. The van der Waals surface area contributed by atoms with Crippen LogP contribution in [0.25, 0.3) is 0 Å². The molecule has 0 aromatic heterocycles. The summed E-state index contributed by atoms with van der Waals surface area (Å²) in [6.45, 7) is 11.4. The summed E-state index contributed by atoms with van der Waals surface area (Å²) in [5, 5.41) is 2.63. The molecular weight excluding hydrogens is 552 g/mol. The minimum Gasteiger partial charge on any atom is -0.465 e.